The molecular formula is C13H22N2O4S. The van der Waals surface area contributed by atoms with Gasteiger partial charge in [0.2, 0.25) is 10.0 Å². The Morgan fingerprint density at radius 1 is 1.20 bits per heavy atom. The van der Waals surface area contributed by atoms with Crippen molar-refractivity contribution in [3.05, 3.63) is 24.3 Å². The Labute approximate surface area is 120 Å². The second-order valence-electron chi connectivity index (χ2n) is 4.25. The van der Waals surface area contributed by atoms with Gasteiger partial charge in [0.15, 0.2) is 0 Å². The number of hydrogen-bond donors (Lipinski definition) is 1. The van der Waals surface area contributed by atoms with Gasteiger partial charge >= 0.3 is 0 Å². The maximum Gasteiger partial charge on any atom is 0.217 e. The van der Waals surface area contributed by atoms with E-state index in [-0.39, 0.29) is 12.4 Å². The number of hydrogen-bond acceptors (Lipinski definition) is 5. The molecule has 0 aromatic heterocycles. The minimum Gasteiger partial charge on any atom is -0.492 e. The van der Waals surface area contributed by atoms with E-state index >= 15 is 0 Å². The minimum absolute atomic E-state index is 0.0694. The lowest BCUT2D eigenvalue weighted by Gasteiger charge is -2.17. The Hall–Kier alpha value is -1.31. The lowest BCUT2D eigenvalue weighted by Crippen LogP contribution is -2.34. The first kappa shape index (κ1) is 16.7. The highest BCUT2D eigenvalue weighted by Gasteiger charge is 2.17. The number of likely N-dealkylation sites (N-methyl/N-ethyl adjacent to an activating group) is 1. The van der Waals surface area contributed by atoms with Crippen molar-refractivity contribution in [2.24, 2.45) is 0 Å². The third kappa shape index (κ3) is 5.77. The molecule has 0 aliphatic rings. The van der Waals surface area contributed by atoms with E-state index in [0.29, 0.717) is 31.2 Å². The second-order valence-corrected chi connectivity index (χ2v) is 6.45. The summed E-state index contributed by atoms with van der Waals surface area (Å²) in [5.74, 6) is 0.534. The van der Waals surface area contributed by atoms with Crippen molar-refractivity contribution in [1.29, 1.82) is 0 Å². The van der Waals surface area contributed by atoms with Crippen LogP contribution in [0.5, 0.6) is 5.75 Å². The molecule has 7 heteroatoms. The quantitative estimate of drug-likeness (QED) is 0.542. The molecule has 0 radical (unpaired) electrons. The van der Waals surface area contributed by atoms with Gasteiger partial charge < -0.3 is 15.2 Å². The van der Waals surface area contributed by atoms with E-state index in [9.17, 15) is 8.42 Å². The third-order valence-corrected chi connectivity index (χ3v) is 4.53. The summed E-state index contributed by atoms with van der Waals surface area (Å²) in [6.07, 6.45) is 0. The number of nitrogens with zero attached hydrogens (tertiary/aromatic N) is 1. The molecule has 0 fully saturated rings. The van der Waals surface area contributed by atoms with E-state index < -0.39 is 10.0 Å². The number of ether oxygens (including phenoxy) is 2. The van der Waals surface area contributed by atoms with E-state index in [1.807, 2.05) is 6.92 Å². The third-order valence-electron chi connectivity index (χ3n) is 2.72. The van der Waals surface area contributed by atoms with Crippen LogP contribution in [0.3, 0.4) is 0 Å². The van der Waals surface area contributed by atoms with Crippen LogP contribution in [0.4, 0.5) is 5.69 Å². The molecule has 114 valence electrons. The van der Waals surface area contributed by atoms with E-state index in [1.54, 1.807) is 24.3 Å². The van der Waals surface area contributed by atoms with Gasteiger partial charge in [-0.2, -0.15) is 0 Å². The average molecular weight is 302 g/mol. The zero-order chi connectivity index (χ0) is 15.0. The molecule has 2 N–H and O–H groups in total. The normalized spacial score (nSPS) is 11.8. The smallest absolute Gasteiger partial charge is 0.217 e. The summed E-state index contributed by atoms with van der Waals surface area (Å²) in [4.78, 5) is 0. The maximum absolute atomic E-state index is 11.9. The van der Waals surface area contributed by atoms with Crippen LogP contribution in [0, 0.1) is 0 Å². The summed E-state index contributed by atoms with van der Waals surface area (Å²) in [6.45, 7) is 3.29. The van der Waals surface area contributed by atoms with E-state index in [2.05, 4.69) is 0 Å². The fourth-order valence-electron chi connectivity index (χ4n) is 1.46. The van der Waals surface area contributed by atoms with Crippen molar-refractivity contribution in [2.45, 2.75) is 6.92 Å². The molecule has 0 spiro atoms. The van der Waals surface area contributed by atoms with Crippen LogP contribution in [-0.2, 0) is 14.8 Å². The first-order valence-electron chi connectivity index (χ1n) is 6.46. The first-order valence-corrected chi connectivity index (χ1v) is 8.06. The number of benzene rings is 1. The molecule has 0 unspecified atom stereocenters. The van der Waals surface area contributed by atoms with Crippen LogP contribution in [-0.4, -0.2) is 51.9 Å². The number of anilines is 1. The van der Waals surface area contributed by atoms with Crippen LogP contribution in [0.25, 0.3) is 0 Å². The van der Waals surface area contributed by atoms with Crippen LogP contribution in [0.1, 0.15) is 6.92 Å². The first-order chi connectivity index (χ1) is 9.45. The SMILES string of the molecule is CCOCCN(C)S(=O)(=O)CCOc1ccc(N)cc1. The summed E-state index contributed by atoms with van der Waals surface area (Å²) in [7, 11) is -1.78. The topological polar surface area (TPSA) is 81.9 Å². The molecule has 0 saturated carbocycles. The van der Waals surface area contributed by atoms with Gasteiger partial charge in [-0.25, -0.2) is 12.7 Å². The Bertz CT molecular complexity index is 488. The molecule has 1 aromatic carbocycles. The highest BCUT2D eigenvalue weighted by molar-refractivity contribution is 7.89. The van der Waals surface area contributed by atoms with Gasteiger partial charge in [-0.3, -0.25) is 0 Å². The summed E-state index contributed by atoms with van der Waals surface area (Å²) < 4.78 is 35.7. The van der Waals surface area contributed by atoms with Crippen molar-refractivity contribution in [3.63, 3.8) is 0 Å². The van der Waals surface area contributed by atoms with Crippen molar-refractivity contribution in [1.82, 2.24) is 4.31 Å². The predicted octanol–water partition coefficient (Wildman–Crippen LogP) is 0.946. The minimum atomic E-state index is -3.32. The molecule has 0 saturated heterocycles. The van der Waals surface area contributed by atoms with Gasteiger partial charge in [0.1, 0.15) is 12.4 Å². The Morgan fingerprint density at radius 3 is 2.45 bits per heavy atom. The van der Waals surface area contributed by atoms with Crippen LogP contribution in [0.2, 0.25) is 0 Å². The molecule has 6 nitrogen and oxygen atoms in total. The fourth-order valence-corrected chi connectivity index (χ4v) is 2.42. The summed E-state index contributed by atoms with van der Waals surface area (Å²) in [5.41, 5.74) is 6.19. The van der Waals surface area contributed by atoms with E-state index in [4.69, 9.17) is 15.2 Å². The van der Waals surface area contributed by atoms with Gasteiger partial charge in [0.05, 0.1) is 12.4 Å². The van der Waals surface area contributed by atoms with E-state index in [0.717, 1.165) is 0 Å². The van der Waals surface area contributed by atoms with Crippen LogP contribution >= 0.6 is 0 Å². The Balaban J connectivity index is 2.37. The summed E-state index contributed by atoms with van der Waals surface area (Å²) >= 11 is 0. The second kappa shape index (κ2) is 8.08. The molecule has 1 rings (SSSR count). The Morgan fingerprint density at radius 2 is 1.85 bits per heavy atom. The molecule has 20 heavy (non-hydrogen) atoms. The van der Waals surface area contributed by atoms with Gasteiger partial charge in [0.25, 0.3) is 0 Å². The van der Waals surface area contributed by atoms with Gasteiger partial charge in [0, 0.05) is 25.9 Å². The molecule has 1 aromatic rings. The molecule has 0 heterocycles. The average Bonchev–Trinajstić information content (AvgIpc) is 2.41. The zero-order valence-electron chi connectivity index (χ0n) is 11.9. The highest BCUT2D eigenvalue weighted by atomic mass is 32.2. The van der Waals surface area contributed by atoms with Crippen molar-refractivity contribution < 1.29 is 17.9 Å². The van der Waals surface area contributed by atoms with Gasteiger partial charge in [-0.15, -0.1) is 0 Å². The molecular weight excluding hydrogens is 280 g/mol. The molecule has 0 aliphatic heterocycles. The monoisotopic (exact) mass is 302 g/mol. The summed E-state index contributed by atoms with van der Waals surface area (Å²) in [6, 6.07) is 6.83. The van der Waals surface area contributed by atoms with Gasteiger partial charge in [-0.05, 0) is 31.2 Å². The highest BCUT2D eigenvalue weighted by Crippen LogP contribution is 2.13. The Kier molecular flexibility index (Phi) is 6.77. The van der Waals surface area contributed by atoms with Crippen LogP contribution < -0.4 is 10.5 Å². The maximum atomic E-state index is 11.9. The predicted molar refractivity (Wildman–Crippen MR) is 79.3 cm³/mol. The molecule has 0 amide bonds. The van der Waals surface area contributed by atoms with E-state index in [1.165, 1.54) is 11.4 Å². The largest absolute Gasteiger partial charge is 0.492 e. The van der Waals surface area contributed by atoms with Crippen LogP contribution in [0.15, 0.2) is 24.3 Å². The standard InChI is InChI=1S/C13H22N2O4S/c1-3-18-9-8-15(2)20(16,17)11-10-19-13-6-4-12(14)5-7-13/h4-7H,3,8-11,14H2,1-2H3. The fraction of sp³-hybridized carbons (Fsp3) is 0.538. The molecule has 0 bridgehead atoms. The lowest BCUT2D eigenvalue weighted by atomic mass is 10.3. The molecule has 0 aliphatic carbocycles. The summed E-state index contributed by atoms with van der Waals surface area (Å²) in [5, 5.41) is 0. The van der Waals surface area contributed by atoms with Gasteiger partial charge in [-0.1, -0.05) is 0 Å². The lowest BCUT2D eigenvalue weighted by molar-refractivity contribution is 0.138. The number of nitrogens with two attached hydrogens (primary N) is 1. The number of rotatable bonds is 9. The number of nitrogen functional groups attached to an aromatic ring is 1. The zero-order valence-corrected chi connectivity index (χ0v) is 12.7. The van der Waals surface area contributed by atoms with Crippen molar-refractivity contribution >= 4 is 15.7 Å². The van der Waals surface area contributed by atoms with Crippen molar-refractivity contribution in [3.8, 4) is 5.75 Å². The molecule has 0 atom stereocenters. The van der Waals surface area contributed by atoms with Crippen molar-refractivity contribution in [2.75, 3.05) is 44.9 Å². The number of sulfonamides is 1.